The number of amides is 3. The molecular formula is C29H27FN4O9. The minimum absolute atomic E-state index is 0.0559. The first-order chi connectivity index (χ1) is 20.5. The summed E-state index contributed by atoms with van der Waals surface area (Å²) in [5.41, 5.74) is -0.00816. The van der Waals surface area contributed by atoms with Crippen LogP contribution in [0, 0.1) is 15.9 Å². The number of hydrogen-bond acceptors (Lipinski definition) is 8. The molecule has 0 spiro atoms. The van der Waals surface area contributed by atoms with Crippen LogP contribution in [0.2, 0.25) is 0 Å². The Kier molecular flexibility index (Phi) is 9.18. The fraction of sp³-hybridized carbons (Fsp3) is 0.241. The Balaban J connectivity index is 1.72. The van der Waals surface area contributed by atoms with E-state index in [0.29, 0.717) is 5.75 Å². The lowest BCUT2D eigenvalue weighted by molar-refractivity contribution is -0.384. The SMILES string of the molecule is COc1ccc(C(=O)N2CCN(C(=O)c3ccc(F)cc3)C2C(=O)NC(CC(=O)O)c2cccc([N+](=O)[O-])c2)cc1OC. The predicted molar refractivity (Wildman–Crippen MR) is 148 cm³/mol. The molecule has 3 amide bonds. The van der Waals surface area contributed by atoms with Crippen LogP contribution < -0.4 is 14.8 Å². The zero-order valence-electron chi connectivity index (χ0n) is 23.1. The van der Waals surface area contributed by atoms with Crippen molar-refractivity contribution in [2.45, 2.75) is 18.6 Å². The molecule has 0 bridgehead atoms. The molecule has 3 aromatic rings. The Labute approximate surface area is 244 Å². The van der Waals surface area contributed by atoms with Gasteiger partial charge in [0, 0.05) is 36.3 Å². The van der Waals surface area contributed by atoms with Crippen LogP contribution in [0.25, 0.3) is 0 Å². The Morgan fingerprint density at radius 2 is 1.56 bits per heavy atom. The Morgan fingerprint density at radius 1 is 0.953 bits per heavy atom. The highest BCUT2D eigenvalue weighted by molar-refractivity contribution is 6.02. The van der Waals surface area contributed by atoms with Gasteiger partial charge in [0.15, 0.2) is 17.7 Å². The summed E-state index contributed by atoms with van der Waals surface area (Å²) < 4.78 is 24.0. The van der Waals surface area contributed by atoms with Crippen LogP contribution >= 0.6 is 0 Å². The highest BCUT2D eigenvalue weighted by Crippen LogP contribution is 2.30. The van der Waals surface area contributed by atoms with Gasteiger partial charge in [0.2, 0.25) is 0 Å². The number of benzene rings is 3. The molecule has 14 heteroatoms. The number of hydrogen-bond donors (Lipinski definition) is 2. The van der Waals surface area contributed by atoms with E-state index in [1.807, 2.05) is 0 Å². The van der Waals surface area contributed by atoms with Crippen molar-refractivity contribution in [1.82, 2.24) is 15.1 Å². The minimum Gasteiger partial charge on any atom is -0.493 e. The molecule has 224 valence electrons. The van der Waals surface area contributed by atoms with E-state index in [-0.39, 0.29) is 41.2 Å². The molecule has 1 aliphatic rings. The van der Waals surface area contributed by atoms with Gasteiger partial charge in [-0.3, -0.25) is 29.3 Å². The first kappa shape index (κ1) is 30.4. The van der Waals surface area contributed by atoms with E-state index in [1.165, 1.54) is 62.8 Å². The van der Waals surface area contributed by atoms with E-state index in [1.54, 1.807) is 0 Å². The molecule has 2 unspecified atom stereocenters. The van der Waals surface area contributed by atoms with E-state index >= 15 is 0 Å². The number of rotatable bonds is 10. The van der Waals surface area contributed by atoms with Gasteiger partial charge in [-0.05, 0) is 48.0 Å². The second kappa shape index (κ2) is 13.0. The third kappa shape index (κ3) is 6.69. The maximum Gasteiger partial charge on any atom is 0.305 e. The Bertz CT molecular complexity index is 1560. The van der Waals surface area contributed by atoms with Crippen molar-refractivity contribution in [2.75, 3.05) is 27.3 Å². The normalized spacial score (nSPS) is 15.0. The second-order valence-electron chi connectivity index (χ2n) is 9.46. The molecule has 0 radical (unpaired) electrons. The number of halogens is 1. The number of carbonyl (C=O) groups is 4. The summed E-state index contributed by atoms with van der Waals surface area (Å²) in [6.45, 7) is -0.146. The summed E-state index contributed by atoms with van der Waals surface area (Å²) in [5, 5.41) is 23.4. The maximum atomic E-state index is 13.9. The summed E-state index contributed by atoms with van der Waals surface area (Å²) >= 11 is 0. The zero-order valence-corrected chi connectivity index (χ0v) is 23.1. The lowest BCUT2D eigenvalue weighted by Gasteiger charge is -2.31. The van der Waals surface area contributed by atoms with Crippen molar-refractivity contribution in [3.05, 3.63) is 99.4 Å². The van der Waals surface area contributed by atoms with Gasteiger partial charge >= 0.3 is 5.97 Å². The predicted octanol–water partition coefficient (Wildman–Crippen LogP) is 3.01. The third-order valence-electron chi connectivity index (χ3n) is 6.83. The summed E-state index contributed by atoms with van der Waals surface area (Å²) in [6, 6.07) is 12.9. The van der Waals surface area contributed by atoms with Crippen molar-refractivity contribution < 1.29 is 43.1 Å². The van der Waals surface area contributed by atoms with Crippen LogP contribution in [0.5, 0.6) is 11.5 Å². The number of nitrogens with one attached hydrogen (secondary N) is 1. The van der Waals surface area contributed by atoms with Crippen molar-refractivity contribution in [3.8, 4) is 11.5 Å². The first-order valence-electron chi connectivity index (χ1n) is 12.9. The van der Waals surface area contributed by atoms with E-state index in [2.05, 4.69) is 5.32 Å². The molecule has 0 aromatic heterocycles. The number of nitrogens with zero attached hydrogens (tertiary/aromatic N) is 3. The lowest BCUT2D eigenvalue weighted by atomic mass is 10.0. The number of methoxy groups -OCH3 is 2. The van der Waals surface area contributed by atoms with Gasteiger partial charge in [-0.1, -0.05) is 12.1 Å². The van der Waals surface area contributed by atoms with Crippen molar-refractivity contribution in [1.29, 1.82) is 0 Å². The highest BCUT2D eigenvalue weighted by Gasteiger charge is 2.44. The van der Waals surface area contributed by atoms with Gasteiger partial charge in [0.1, 0.15) is 5.82 Å². The van der Waals surface area contributed by atoms with Crippen LogP contribution in [0.4, 0.5) is 10.1 Å². The van der Waals surface area contributed by atoms with Crippen LogP contribution in [-0.2, 0) is 9.59 Å². The monoisotopic (exact) mass is 594 g/mol. The first-order valence-corrected chi connectivity index (χ1v) is 12.9. The molecule has 1 heterocycles. The Hall–Kier alpha value is -5.53. The van der Waals surface area contributed by atoms with Gasteiger partial charge in [0.05, 0.1) is 31.6 Å². The van der Waals surface area contributed by atoms with Gasteiger partial charge in [-0.2, -0.15) is 0 Å². The quantitative estimate of drug-likeness (QED) is 0.265. The largest absolute Gasteiger partial charge is 0.493 e. The Morgan fingerprint density at radius 3 is 2.14 bits per heavy atom. The number of carbonyl (C=O) groups excluding carboxylic acids is 3. The molecule has 1 aliphatic heterocycles. The van der Waals surface area contributed by atoms with Crippen LogP contribution in [0.15, 0.2) is 66.7 Å². The van der Waals surface area contributed by atoms with Gasteiger partial charge in [-0.15, -0.1) is 0 Å². The van der Waals surface area contributed by atoms with Crippen LogP contribution in [0.3, 0.4) is 0 Å². The number of carboxylic acids is 1. The summed E-state index contributed by atoms with van der Waals surface area (Å²) in [6.07, 6.45) is -2.19. The average molecular weight is 595 g/mol. The van der Waals surface area contributed by atoms with E-state index in [9.17, 15) is 38.8 Å². The van der Waals surface area contributed by atoms with E-state index < -0.39 is 53.1 Å². The number of carboxylic acid groups (broad SMARTS) is 1. The van der Waals surface area contributed by atoms with Crippen molar-refractivity contribution in [3.63, 3.8) is 0 Å². The van der Waals surface area contributed by atoms with E-state index in [0.717, 1.165) is 28.0 Å². The van der Waals surface area contributed by atoms with Gasteiger partial charge in [0.25, 0.3) is 23.4 Å². The fourth-order valence-electron chi connectivity index (χ4n) is 4.76. The summed E-state index contributed by atoms with van der Waals surface area (Å²) in [4.78, 5) is 65.7. The van der Waals surface area contributed by atoms with Crippen LogP contribution in [-0.4, -0.2) is 77.0 Å². The topological polar surface area (TPSA) is 169 Å². The number of ether oxygens (including phenoxy) is 2. The second-order valence-corrected chi connectivity index (χ2v) is 9.46. The average Bonchev–Trinajstić information content (AvgIpc) is 3.45. The molecule has 1 fully saturated rings. The molecule has 1 saturated heterocycles. The smallest absolute Gasteiger partial charge is 0.305 e. The molecule has 4 rings (SSSR count). The third-order valence-corrected chi connectivity index (χ3v) is 6.83. The molecular weight excluding hydrogens is 567 g/mol. The van der Waals surface area contributed by atoms with Crippen LogP contribution in [0.1, 0.15) is 38.7 Å². The molecule has 0 saturated carbocycles. The fourth-order valence-corrected chi connectivity index (χ4v) is 4.76. The molecule has 13 nitrogen and oxygen atoms in total. The zero-order chi connectivity index (χ0) is 31.3. The minimum atomic E-state index is -1.55. The van der Waals surface area contributed by atoms with Crippen molar-refractivity contribution in [2.24, 2.45) is 0 Å². The number of nitro benzene ring substituents is 1. The number of nitro groups is 1. The standard InChI is InChI=1S/C29H27FN4O9/c1-42-23-11-8-19(15-24(23)43-2)29(39)33-13-12-32(28(38)17-6-9-20(30)10-7-17)27(33)26(37)31-22(16-25(35)36)18-4-3-5-21(14-18)34(40)41/h3-11,14-15,22,27H,12-13,16H2,1-2H3,(H,31,37)(H,35,36). The molecule has 3 aromatic carbocycles. The van der Waals surface area contributed by atoms with Gasteiger partial charge in [-0.25, -0.2) is 4.39 Å². The van der Waals surface area contributed by atoms with Gasteiger partial charge < -0.3 is 29.7 Å². The molecule has 43 heavy (non-hydrogen) atoms. The summed E-state index contributed by atoms with van der Waals surface area (Å²) in [5.74, 6) is -3.49. The molecule has 2 atom stereocenters. The highest BCUT2D eigenvalue weighted by atomic mass is 19.1. The molecule has 2 N–H and O–H groups in total. The molecule has 0 aliphatic carbocycles. The van der Waals surface area contributed by atoms with E-state index in [4.69, 9.17) is 9.47 Å². The lowest BCUT2D eigenvalue weighted by Crippen LogP contribution is -2.54. The summed E-state index contributed by atoms with van der Waals surface area (Å²) in [7, 11) is 2.81. The van der Waals surface area contributed by atoms with Crippen molar-refractivity contribution >= 4 is 29.4 Å². The maximum absolute atomic E-state index is 13.9. The number of non-ortho nitro benzene ring substituents is 1. The number of aliphatic carboxylic acids is 1.